The topological polar surface area (TPSA) is 42.0 Å². The minimum absolute atomic E-state index is 0.0470. The number of hydrogen-bond acceptors (Lipinski definition) is 4. The van der Waals surface area contributed by atoms with Gasteiger partial charge in [0.25, 0.3) is 5.91 Å². The van der Waals surface area contributed by atoms with E-state index in [1.54, 1.807) is 0 Å². The first-order chi connectivity index (χ1) is 18.4. The molecule has 0 radical (unpaired) electrons. The highest BCUT2D eigenvalue weighted by molar-refractivity contribution is 5.95. The summed E-state index contributed by atoms with van der Waals surface area (Å²) >= 11 is 0. The molecule has 2 aromatic carbocycles. The van der Waals surface area contributed by atoms with Crippen molar-refractivity contribution in [3.63, 3.8) is 0 Å². The van der Waals surface area contributed by atoms with Crippen LogP contribution in [0.25, 0.3) is 0 Å². The van der Waals surface area contributed by atoms with E-state index in [0.29, 0.717) is 44.6 Å². The normalized spacial score (nSPS) is 24.3. The van der Waals surface area contributed by atoms with Gasteiger partial charge >= 0.3 is 12.4 Å². The monoisotopic (exact) mass is 556 g/mol. The van der Waals surface area contributed by atoms with Gasteiger partial charge < -0.3 is 14.4 Å². The molecule has 2 aromatic rings. The third kappa shape index (κ3) is 6.25. The van der Waals surface area contributed by atoms with Crippen molar-refractivity contribution in [3.8, 4) is 0 Å². The van der Waals surface area contributed by atoms with Gasteiger partial charge in [-0.25, -0.2) is 0 Å². The first-order valence-corrected chi connectivity index (χ1v) is 13.1. The summed E-state index contributed by atoms with van der Waals surface area (Å²) < 4.78 is 92.4. The summed E-state index contributed by atoms with van der Waals surface area (Å²) in [5.74, 6) is -1.35. The lowest BCUT2D eigenvalue weighted by Crippen LogP contribution is -2.55. The van der Waals surface area contributed by atoms with Gasteiger partial charge in [0.15, 0.2) is 5.79 Å². The van der Waals surface area contributed by atoms with Crippen LogP contribution in [-0.2, 0) is 28.2 Å². The Kier molecular flexibility index (Phi) is 7.69. The lowest BCUT2D eigenvalue weighted by atomic mass is 9.89. The van der Waals surface area contributed by atoms with Crippen molar-refractivity contribution in [2.75, 3.05) is 32.8 Å². The van der Waals surface area contributed by atoms with Crippen LogP contribution in [-0.4, -0.2) is 66.4 Å². The minimum Gasteiger partial charge on any atom is -0.347 e. The smallest absolute Gasteiger partial charge is 0.347 e. The Morgan fingerprint density at radius 2 is 1.46 bits per heavy atom. The molecule has 1 spiro atoms. The van der Waals surface area contributed by atoms with Crippen LogP contribution >= 0.6 is 0 Å². The zero-order valence-electron chi connectivity index (χ0n) is 21.2. The molecule has 39 heavy (non-hydrogen) atoms. The van der Waals surface area contributed by atoms with E-state index in [1.807, 2.05) is 30.3 Å². The Morgan fingerprint density at radius 1 is 0.872 bits per heavy atom. The number of benzene rings is 2. The van der Waals surface area contributed by atoms with Crippen LogP contribution in [0.4, 0.5) is 26.3 Å². The number of nitrogens with zero attached hydrogens (tertiary/aromatic N) is 2. The average molecular weight is 557 g/mol. The minimum atomic E-state index is -5.02. The molecule has 3 aliphatic rings. The molecule has 3 aliphatic heterocycles. The average Bonchev–Trinajstić information content (AvgIpc) is 3.36. The van der Waals surface area contributed by atoms with Crippen LogP contribution < -0.4 is 0 Å². The summed E-state index contributed by atoms with van der Waals surface area (Å²) in [6.07, 6.45) is -7.04. The molecule has 2 atom stereocenters. The molecular formula is C28H30F6N2O3. The molecule has 0 aromatic heterocycles. The van der Waals surface area contributed by atoms with Crippen molar-refractivity contribution in [1.29, 1.82) is 0 Å². The number of carbonyl (C=O) groups is 1. The molecule has 212 valence electrons. The molecule has 3 fully saturated rings. The van der Waals surface area contributed by atoms with Gasteiger partial charge in [-0.05, 0) is 43.0 Å². The largest absolute Gasteiger partial charge is 0.416 e. The number of hydrogen-bond donors (Lipinski definition) is 0. The van der Waals surface area contributed by atoms with E-state index in [9.17, 15) is 31.1 Å². The maximum atomic E-state index is 13.6. The highest BCUT2D eigenvalue weighted by Crippen LogP contribution is 2.38. The van der Waals surface area contributed by atoms with Gasteiger partial charge in [0.2, 0.25) is 0 Å². The summed E-state index contributed by atoms with van der Waals surface area (Å²) in [4.78, 5) is 17.3. The highest BCUT2D eigenvalue weighted by atomic mass is 19.4. The number of ether oxygens (including phenoxy) is 2. The molecule has 3 saturated heterocycles. The van der Waals surface area contributed by atoms with Gasteiger partial charge in [-0.2, -0.15) is 26.3 Å². The van der Waals surface area contributed by atoms with Gasteiger partial charge in [-0.15, -0.1) is 0 Å². The molecule has 0 aliphatic carbocycles. The molecule has 3 heterocycles. The molecule has 0 N–H and O–H groups in total. The number of rotatable bonds is 4. The predicted molar refractivity (Wildman–Crippen MR) is 130 cm³/mol. The maximum absolute atomic E-state index is 13.6. The van der Waals surface area contributed by atoms with E-state index in [-0.39, 0.29) is 18.7 Å². The van der Waals surface area contributed by atoms with E-state index in [4.69, 9.17) is 9.47 Å². The van der Waals surface area contributed by atoms with Crippen LogP contribution in [0.3, 0.4) is 0 Å². The van der Waals surface area contributed by atoms with Crippen LogP contribution in [0.15, 0.2) is 48.5 Å². The maximum Gasteiger partial charge on any atom is 0.416 e. The molecular weight excluding hydrogens is 526 g/mol. The van der Waals surface area contributed by atoms with E-state index < -0.39 is 46.8 Å². The SMILES string of the molecule is O=C(c1cc(C(F)(F)F)cc(C(F)(F)F)c1)N1CCC(N2CCC3(CC2)OCCO3)CC1Cc1ccccc1. The Labute approximate surface area is 222 Å². The second kappa shape index (κ2) is 10.7. The lowest BCUT2D eigenvalue weighted by molar-refractivity contribution is -0.189. The molecule has 5 rings (SSSR count). The summed E-state index contributed by atoms with van der Waals surface area (Å²) in [5, 5.41) is 0. The van der Waals surface area contributed by atoms with Gasteiger partial charge in [-0.1, -0.05) is 30.3 Å². The van der Waals surface area contributed by atoms with Crippen molar-refractivity contribution >= 4 is 5.91 Å². The van der Waals surface area contributed by atoms with Crippen molar-refractivity contribution in [2.45, 2.75) is 62.3 Å². The van der Waals surface area contributed by atoms with Crippen molar-refractivity contribution in [2.24, 2.45) is 0 Å². The number of likely N-dealkylation sites (tertiary alicyclic amines) is 2. The second-order valence-electron chi connectivity index (χ2n) is 10.5. The molecule has 1 amide bonds. The predicted octanol–water partition coefficient (Wildman–Crippen LogP) is 5.78. The van der Waals surface area contributed by atoms with Gasteiger partial charge in [0.05, 0.1) is 24.3 Å². The fourth-order valence-electron chi connectivity index (χ4n) is 5.97. The van der Waals surface area contributed by atoms with E-state index in [2.05, 4.69) is 4.90 Å². The number of halogens is 6. The lowest BCUT2D eigenvalue weighted by Gasteiger charge is -2.47. The number of carbonyl (C=O) groups excluding carboxylic acids is 1. The highest BCUT2D eigenvalue weighted by Gasteiger charge is 2.43. The van der Waals surface area contributed by atoms with E-state index in [0.717, 1.165) is 31.5 Å². The van der Waals surface area contributed by atoms with E-state index in [1.165, 1.54) is 4.90 Å². The molecule has 2 unspecified atom stereocenters. The third-order valence-corrected chi connectivity index (χ3v) is 7.99. The van der Waals surface area contributed by atoms with Crippen LogP contribution in [0, 0.1) is 0 Å². The van der Waals surface area contributed by atoms with Crippen molar-refractivity contribution < 1.29 is 40.6 Å². The van der Waals surface area contributed by atoms with Crippen molar-refractivity contribution in [3.05, 3.63) is 70.8 Å². The fraction of sp³-hybridized carbons (Fsp3) is 0.536. The summed E-state index contributed by atoms with van der Waals surface area (Å²) in [6, 6.07) is 10.2. The molecule has 11 heteroatoms. The Hall–Kier alpha value is -2.63. The standard InChI is InChI=1S/C28H30F6N2O3/c29-27(30,31)21-15-20(16-22(17-21)28(32,33)34)25(37)36-9-6-23(18-24(36)14-19-4-2-1-3-5-19)35-10-7-26(8-11-35)38-12-13-39-26/h1-5,15-17,23-24H,6-14,18H2. The van der Waals surface area contributed by atoms with Crippen molar-refractivity contribution in [1.82, 2.24) is 9.80 Å². The molecule has 0 saturated carbocycles. The number of piperidine rings is 2. The van der Waals surface area contributed by atoms with E-state index >= 15 is 0 Å². The Morgan fingerprint density at radius 3 is 2.03 bits per heavy atom. The summed E-state index contributed by atoms with van der Waals surface area (Å²) in [6.45, 7) is 2.88. The Balaban J connectivity index is 1.39. The number of amides is 1. The first kappa shape index (κ1) is 27.9. The van der Waals surface area contributed by atoms with Gasteiger partial charge in [0.1, 0.15) is 0 Å². The third-order valence-electron chi connectivity index (χ3n) is 7.99. The van der Waals surface area contributed by atoms with Crippen LogP contribution in [0.2, 0.25) is 0 Å². The zero-order valence-corrected chi connectivity index (χ0v) is 21.2. The first-order valence-electron chi connectivity index (χ1n) is 13.1. The summed E-state index contributed by atoms with van der Waals surface area (Å²) in [7, 11) is 0. The fourth-order valence-corrected chi connectivity index (χ4v) is 5.97. The van der Waals surface area contributed by atoms with Gasteiger partial charge in [-0.3, -0.25) is 9.69 Å². The molecule has 0 bridgehead atoms. The second-order valence-corrected chi connectivity index (χ2v) is 10.5. The van der Waals surface area contributed by atoms with Gasteiger partial charge in [0, 0.05) is 50.1 Å². The number of alkyl halides is 6. The molecule has 5 nitrogen and oxygen atoms in total. The quantitative estimate of drug-likeness (QED) is 0.448. The zero-order chi connectivity index (χ0) is 27.8. The summed E-state index contributed by atoms with van der Waals surface area (Å²) in [5.41, 5.74) is -2.65. The van der Waals surface area contributed by atoms with Crippen LogP contribution in [0.5, 0.6) is 0 Å². The van der Waals surface area contributed by atoms with Crippen LogP contribution in [0.1, 0.15) is 52.7 Å². The Bertz CT molecular complexity index is 1120.